The van der Waals surface area contributed by atoms with Gasteiger partial charge in [-0.05, 0) is 63.6 Å². The fourth-order valence-corrected chi connectivity index (χ4v) is 6.46. The van der Waals surface area contributed by atoms with Crippen LogP contribution in [0, 0.1) is 18.6 Å². The zero-order chi connectivity index (χ0) is 32.1. The second-order valence-electron chi connectivity index (χ2n) is 10.8. The predicted octanol–water partition coefficient (Wildman–Crippen LogP) is 3.54. The Morgan fingerprint density at radius 1 is 1.16 bits per heavy atom. The lowest BCUT2D eigenvalue weighted by molar-refractivity contribution is -0.126. The third kappa shape index (κ3) is 5.08. The van der Waals surface area contributed by atoms with Crippen LogP contribution < -0.4 is 10.6 Å². The number of hydrogen-bond acceptors (Lipinski definition) is 9. The first-order valence-electron chi connectivity index (χ1n) is 13.8. The molecule has 0 aliphatic carbocycles. The smallest absolute Gasteiger partial charge is 0.355 e. The number of carbonyl (C=O) groups excluding carboxylic acids is 1. The van der Waals surface area contributed by atoms with Gasteiger partial charge in [-0.15, -0.1) is 0 Å². The van der Waals surface area contributed by atoms with Gasteiger partial charge in [0.15, 0.2) is 26.3 Å². The van der Waals surface area contributed by atoms with E-state index in [1.54, 1.807) is 23.6 Å². The van der Waals surface area contributed by atoms with Crippen molar-refractivity contribution < 1.29 is 27.1 Å². The molecule has 1 saturated heterocycles. The molecule has 14 heteroatoms. The molecule has 44 heavy (non-hydrogen) atoms. The number of nitrogens with zero attached hydrogens (tertiary/aromatic N) is 6. The van der Waals surface area contributed by atoms with Gasteiger partial charge < -0.3 is 14.9 Å². The zero-order valence-electron chi connectivity index (χ0n) is 24.5. The molecule has 4 aromatic rings. The molecule has 0 bridgehead atoms. The van der Waals surface area contributed by atoms with Crippen molar-refractivity contribution in [1.29, 1.82) is 0 Å². The summed E-state index contributed by atoms with van der Waals surface area (Å²) < 4.78 is 58.6. The van der Waals surface area contributed by atoms with Crippen LogP contribution in [0.1, 0.15) is 26.3 Å². The van der Waals surface area contributed by atoms with E-state index < -0.39 is 54.4 Å². The number of sulfone groups is 1. The number of aryl methyl sites for hydroxylation is 1. The lowest BCUT2D eigenvalue weighted by Gasteiger charge is -2.40. The SMILES string of the molecule is C=CC(=O)N1CCN(c2nc(=O)n(-c3c(C)ccnc3S(=O)(=O)C(C)C)c3nc(-c4c(O)cccc4F)c(F)cc23)[C@@H](C)C1. The van der Waals surface area contributed by atoms with Crippen LogP contribution in [-0.2, 0) is 14.6 Å². The average molecular weight is 625 g/mol. The molecule has 1 amide bonds. The maximum Gasteiger partial charge on any atom is 0.355 e. The number of anilines is 1. The van der Waals surface area contributed by atoms with E-state index in [4.69, 9.17) is 0 Å². The van der Waals surface area contributed by atoms with Crippen molar-refractivity contribution in [3.8, 4) is 22.7 Å². The van der Waals surface area contributed by atoms with E-state index in [0.717, 1.165) is 16.7 Å². The summed E-state index contributed by atoms with van der Waals surface area (Å²) >= 11 is 0. The van der Waals surface area contributed by atoms with Crippen LogP contribution in [0.3, 0.4) is 0 Å². The monoisotopic (exact) mass is 624 g/mol. The molecule has 1 aliphatic heterocycles. The molecular formula is C30H30F2N6O5S. The van der Waals surface area contributed by atoms with Crippen molar-refractivity contribution in [3.05, 3.63) is 76.9 Å². The summed E-state index contributed by atoms with van der Waals surface area (Å²) in [5.74, 6) is -2.78. The largest absolute Gasteiger partial charge is 0.507 e. The Hall–Kier alpha value is -4.72. The molecule has 11 nitrogen and oxygen atoms in total. The van der Waals surface area contributed by atoms with E-state index >= 15 is 4.39 Å². The van der Waals surface area contributed by atoms with Gasteiger partial charge in [-0.3, -0.25) is 4.79 Å². The minimum absolute atomic E-state index is 0.0215. The third-order valence-corrected chi connectivity index (χ3v) is 9.70. The molecule has 1 fully saturated rings. The lowest BCUT2D eigenvalue weighted by atomic mass is 10.1. The molecule has 4 heterocycles. The second-order valence-corrected chi connectivity index (χ2v) is 13.2. The van der Waals surface area contributed by atoms with Gasteiger partial charge in [0.05, 0.1) is 21.9 Å². The highest BCUT2D eigenvalue weighted by Crippen LogP contribution is 2.37. The highest BCUT2D eigenvalue weighted by Gasteiger charge is 2.33. The Morgan fingerprint density at radius 3 is 2.52 bits per heavy atom. The minimum Gasteiger partial charge on any atom is -0.507 e. The molecule has 0 spiro atoms. The summed E-state index contributed by atoms with van der Waals surface area (Å²) in [6.07, 6.45) is 2.50. The van der Waals surface area contributed by atoms with Crippen LogP contribution in [0.25, 0.3) is 28.0 Å². The Labute approximate surface area is 252 Å². The van der Waals surface area contributed by atoms with Crippen LogP contribution >= 0.6 is 0 Å². The normalized spacial score (nSPS) is 15.7. The number of pyridine rings is 2. The van der Waals surface area contributed by atoms with Crippen molar-refractivity contribution >= 4 is 32.6 Å². The van der Waals surface area contributed by atoms with E-state index in [-0.39, 0.29) is 54.1 Å². The molecule has 3 aromatic heterocycles. The fourth-order valence-electron chi connectivity index (χ4n) is 5.28. The summed E-state index contributed by atoms with van der Waals surface area (Å²) in [7, 11) is -4.06. The average Bonchev–Trinajstić information content (AvgIpc) is 2.97. The topological polar surface area (TPSA) is 139 Å². The van der Waals surface area contributed by atoms with Gasteiger partial charge in [0.25, 0.3) is 0 Å². The van der Waals surface area contributed by atoms with Crippen molar-refractivity contribution in [1.82, 2.24) is 24.4 Å². The van der Waals surface area contributed by atoms with Gasteiger partial charge in [0.2, 0.25) is 5.91 Å². The summed E-state index contributed by atoms with van der Waals surface area (Å²) in [6.45, 7) is 10.6. The van der Waals surface area contributed by atoms with Gasteiger partial charge in [-0.25, -0.2) is 36.5 Å². The van der Waals surface area contributed by atoms with E-state index in [1.807, 2.05) is 0 Å². The molecule has 0 unspecified atom stereocenters. The highest BCUT2D eigenvalue weighted by molar-refractivity contribution is 7.92. The summed E-state index contributed by atoms with van der Waals surface area (Å²) in [4.78, 5) is 42.3. The van der Waals surface area contributed by atoms with Crippen LogP contribution in [0.2, 0.25) is 0 Å². The number of fused-ring (bicyclic) bond motifs is 1. The first-order chi connectivity index (χ1) is 20.8. The number of hydrogen-bond donors (Lipinski definition) is 1. The van der Waals surface area contributed by atoms with Crippen molar-refractivity contribution in [3.63, 3.8) is 0 Å². The fraction of sp³-hybridized carbons (Fsp3) is 0.300. The number of rotatable bonds is 6. The molecule has 0 radical (unpaired) electrons. The first kappa shape index (κ1) is 30.7. The third-order valence-electron chi connectivity index (χ3n) is 7.62. The number of halogens is 2. The molecule has 5 rings (SSSR count). The van der Waals surface area contributed by atoms with Crippen LogP contribution in [-0.4, -0.2) is 74.8 Å². The number of carbonyl (C=O) groups is 1. The quantitative estimate of drug-likeness (QED) is 0.319. The molecule has 0 saturated carbocycles. The predicted molar refractivity (Wildman–Crippen MR) is 161 cm³/mol. The number of benzene rings is 1. The van der Waals surface area contributed by atoms with Crippen LogP contribution in [0.4, 0.5) is 14.6 Å². The highest BCUT2D eigenvalue weighted by atomic mass is 32.2. The number of aromatic nitrogens is 4. The Bertz CT molecular complexity index is 1980. The van der Waals surface area contributed by atoms with Crippen LogP contribution in [0.5, 0.6) is 5.75 Å². The van der Waals surface area contributed by atoms with Gasteiger partial charge in [-0.2, -0.15) is 4.98 Å². The number of aromatic hydroxyl groups is 1. The number of phenolic OH excluding ortho intramolecular Hbond substituents is 1. The number of piperazine rings is 1. The Morgan fingerprint density at radius 2 is 1.89 bits per heavy atom. The van der Waals surface area contributed by atoms with Gasteiger partial charge in [0.1, 0.15) is 23.1 Å². The van der Waals surface area contributed by atoms with E-state index in [2.05, 4.69) is 21.5 Å². The van der Waals surface area contributed by atoms with E-state index in [1.165, 1.54) is 44.3 Å². The van der Waals surface area contributed by atoms with E-state index in [9.17, 15) is 27.5 Å². The second kappa shape index (κ2) is 11.4. The standard InChI is InChI=1S/C30H30F2N6O5S/c1-6-23(40)36-12-13-37(18(5)15-36)27-19-14-21(32)25(24-20(31)8-7-9-22(24)39)34-28(19)38(30(41)35-27)26-17(4)10-11-33-29(26)44(42,43)16(2)3/h6-11,14,16,18,39H,1,12-13,15H2,2-5H3/t18-/m0/s1. The minimum atomic E-state index is -4.06. The number of phenols is 1. The Balaban J connectivity index is 1.87. The van der Waals surface area contributed by atoms with Crippen molar-refractivity contribution in [2.24, 2.45) is 0 Å². The molecule has 1 aliphatic rings. The van der Waals surface area contributed by atoms with Gasteiger partial charge >= 0.3 is 5.69 Å². The summed E-state index contributed by atoms with van der Waals surface area (Å²) in [5, 5.41) is 9.17. The lowest BCUT2D eigenvalue weighted by Crippen LogP contribution is -2.54. The van der Waals surface area contributed by atoms with Gasteiger partial charge in [-0.1, -0.05) is 12.6 Å². The van der Waals surface area contributed by atoms with Crippen molar-refractivity contribution in [2.45, 2.75) is 44.0 Å². The van der Waals surface area contributed by atoms with Gasteiger partial charge in [0, 0.05) is 31.9 Å². The maximum atomic E-state index is 15.9. The molecule has 1 atom stereocenters. The summed E-state index contributed by atoms with van der Waals surface area (Å²) in [6, 6.07) is 5.58. The van der Waals surface area contributed by atoms with Crippen LogP contribution in [0.15, 0.2) is 59.0 Å². The molecule has 1 N–H and O–H groups in total. The van der Waals surface area contributed by atoms with Crippen molar-refractivity contribution in [2.75, 3.05) is 24.5 Å². The zero-order valence-corrected chi connectivity index (χ0v) is 25.3. The maximum absolute atomic E-state index is 15.9. The molecular weight excluding hydrogens is 594 g/mol. The molecule has 1 aromatic carbocycles. The Kier molecular flexibility index (Phi) is 7.97. The van der Waals surface area contributed by atoms with E-state index in [0.29, 0.717) is 5.56 Å². The summed E-state index contributed by atoms with van der Waals surface area (Å²) in [5.41, 5.74) is -2.10. The first-order valence-corrected chi connectivity index (χ1v) is 15.3. The number of amides is 1. The molecule has 230 valence electrons.